The first-order chi connectivity index (χ1) is 8.58. The van der Waals surface area contributed by atoms with Crippen molar-refractivity contribution in [2.24, 2.45) is 11.8 Å². The van der Waals surface area contributed by atoms with Crippen LogP contribution in [0.1, 0.15) is 36.0 Å². The van der Waals surface area contributed by atoms with Gasteiger partial charge >= 0.3 is 5.97 Å². The van der Waals surface area contributed by atoms with Gasteiger partial charge in [-0.05, 0) is 31.4 Å². The molecular weight excluding hydrogens is 296 g/mol. The lowest BCUT2D eigenvalue weighted by Crippen LogP contribution is -2.27. The quantitative estimate of drug-likeness (QED) is 0.869. The number of hydrogen-bond acceptors (Lipinski definition) is 2. The van der Waals surface area contributed by atoms with Crippen LogP contribution in [0.25, 0.3) is 0 Å². The van der Waals surface area contributed by atoms with Gasteiger partial charge in [-0.15, -0.1) is 0 Å². The molecule has 1 N–H and O–H groups in total. The molecule has 1 fully saturated rings. The number of carboxylic acids is 1. The molecule has 2 atom stereocenters. The van der Waals surface area contributed by atoms with E-state index in [-0.39, 0.29) is 17.6 Å². The summed E-state index contributed by atoms with van der Waals surface area (Å²) in [5.41, 5.74) is 0.675. The maximum absolute atomic E-state index is 12.3. The van der Waals surface area contributed by atoms with Gasteiger partial charge in [0, 0.05) is 16.0 Å². The van der Waals surface area contributed by atoms with Gasteiger partial charge in [-0.1, -0.05) is 34.5 Å². The van der Waals surface area contributed by atoms with Crippen molar-refractivity contribution in [1.29, 1.82) is 0 Å². The van der Waals surface area contributed by atoms with E-state index in [2.05, 4.69) is 15.9 Å². The molecule has 0 spiro atoms. The van der Waals surface area contributed by atoms with Crippen molar-refractivity contribution >= 4 is 27.7 Å². The molecule has 96 valence electrons. The number of rotatable bonds is 3. The summed E-state index contributed by atoms with van der Waals surface area (Å²) in [7, 11) is 0. The lowest BCUT2D eigenvalue weighted by Gasteiger charge is -2.25. The maximum Gasteiger partial charge on any atom is 0.306 e. The number of hydrogen-bond donors (Lipinski definition) is 1. The Bertz CT molecular complexity index is 453. The third-order valence-corrected chi connectivity index (χ3v) is 4.05. The third-order valence-electron chi connectivity index (χ3n) is 3.52. The summed E-state index contributed by atoms with van der Waals surface area (Å²) in [4.78, 5) is 23.3. The first kappa shape index (κ1) is 13.3. The second-order valence-electron chi connectivity index (χ2n) is 4.77. The SMILES string of the molecule is O=C(O)[C@@H]1CCC[C@@H](C(=O)c2ccc(Br)cc2)C1. The predicted octanol–water partition coefficient (Wildman–Crippen LogP) is 3.52. The number of ketones is 1. The van der Waals surface area contributed by atoms with Crippen LogP contribution in [-0.2, 0) is 4.79 Å². The third kappa shape index (κ3) is 2.99. The van der Waals surface area contributed by atoms with E-state index in [1.54, 1.807) is 12.1 Å². The van der Waals surface area contributed by atoms with Crippen molar-refractivity contribution in [2.45, 2.75) is 25.7 Å². The van der Waals surface area contributed by atoms with Gasteiger partial charge in [-0.25, -0.2) is 0 Å². The van der Waals surface area contributed by atoms with E-state index in [1.165, 1.54) is 0 Å². The zero-order valence-corrected chi connectivity index (χ0v) is 11.5. The number of carbonyl (C=O) groups excluding carboxylic acids is 1. The van der Waals surface area contributed by atoms with Crippen molar-refractivity contribution in [3.05, 3.63) is 34.3 Å². The van der Waals surface area contributed by atoms with Crippen molar-refractivity contribution < 1.29 is 14.7 Å². The molecule has 0 unspecified atom stereocenters. The van der Waals surface area contributed by atoms with Gasteiger partial charge in [-0.3, -0.25) is 9.59 Å². The lowest BCUT2D eigenvalue weighted by molar-refractivity contribution is -0.143. The zero-order chi connectivity index (χ0) is 13.1. The summed E-state index contributed by atoms with van der Waals surface area (Å²) in [6.07, 6.45) is 2.80. The highest BCUT2D eigenvalue weighted by molar-refractivity contribution is 9.10. The highest BCUT2D eigenvalue weighted by Gasteiger charge is 2.31. The Morgan fingerprint density at radius 2 is 1.72 bits per heavy atom. The fourth-order valence-corrected chi connectivity index (χ4v) is 2.77. The second kappa shape index (κ2) is 5.65. The van der Waals surface area contributed by atoms with Gasteiger partial charge in [0.15, 0.2) is 5.78 Å². The summed E-state index contributed by atoms with van der Waals surface area (Å²) in [6.45, 7) is 0. The molecule has 4 heteroatoms. The van der Waals surface area contributed by atoms with Crippen LogP contribution in [0.2, 0.25) is 0 Å². The summed E-state index contributed by atoms with van der Waals surface area (Å²) in [5.74, 6) is -1.19. The van der Waals surface area contributed by atoms with E-state index < -0.39 is 5.97 Å². The first-order valence-electron chi connectivity index (χ1n) is 6.10. The molecule has 1 aliphatic carbocycles. The van der Waals surface area contributed by atoms with Crippen molar-refractivity contribution in [2.75, 3.05) is 0 Å². The smallest absolute Gasteiger partial charge is 0.306 e. The molecule has 1 aromatic carbocycles. The van der Waals surface area contributed by atoms with E-state index in [0.29, 0.717) is 18.4 Å². The Kier molecular flexibility index (Phi) is 4.17. The highest BCUT2D eigenvalue weighted by atomic mass is 79.9. The predicted molar refractivity (Wildman–Crippen MR) is 71.6 cm³/mol. The Labute approximate surface area is 114 Å². The van der Waals surface area contributed by atoms with Crippen LogP contribution in [-0.4, -0.2) is 16.9 Å². The monoisotopic (exact) mass is 310 g/mol. The molecule has 18 heavy (non-hydrogen) atoms. The van der Waals surface area contributed by atoms with Crippen molar-refractivity contribution in [1.82, 2.24) is 0 Å². The minimum Gasteiger partial charge on any atom is -0.481 e. The molecule has 0 radical (unpaired) electrons. The van der Waals surface area contributed by atoms with Gasteiger partial charge in [0.05, 0.1) is 5.92 Å². The average molecular weight is 311 g/mol. The number of carbonyl (C=O) groups is 2. The van der Waals surface area contributed by atoms with Crippen molar-refractivity contribution in [3.8, 4) is 0 Å². The van der Waals surface area contributed by atoms with Crippen LogP contribution in [0.15, 0.2) is 28.7 Å². The minimum atomic E-state index is -0.775. The largest absolute Gasteiger partial charge is 0.481 e. The van der Waals surface area contributed by atoms with E-state index in [9.17, 15) is 9.59 Å². The van der Waals surface area contributed by atoms with Gasteiger partial charge in [-0.2, -0.15) is 0 Å². The summed E-state index contributed by atoms with van der Waals surface area (Å²) in [5, 5.41) is 9.03. The van der Waals surface area contributed by atoms with Crippen LogP contribution in [0.3, 0.4) is 0 Å². The molecule has 0 aromatic heterocycles. The Morgan fingerprint density at radius 1 is 1.11 bits per heavy atom. The van der Waals surface area contributed by atoms with Gasteiger partial charge < -0.3 is 5.11 Å². The molecule has 1 aromatic rings. The molecule has 1 saturated carbocycles. The van der Waals surface area contributed by atoms with Crippen LogP contribution in [0.4, 0.5) is 0 Å². The van der Waals surface area contributed by atoms with Gasteiger partial charge in [0.2, 0.25) is 0 Å². The number of benzene rings is 1. The molecule has 0 heterocycles. The number of aliphatic carboxylic acids is 1. The highest BCUT2D eigenvalue weighted by Crippen LogP contribution is 2.31. The Hall–Kier alpha value is -1.16. The topological polar surface area (TPSA) is 54.4 Å². The zero-order valence-electron chi connectivity index (χ0n) is 9.93. The second-order valence-corrected chi connectivity index (χ2v) is 5.69. The number of Topliss-reactive ketones (excluding diaryl/α,β-unsaturated/α-hetero) is 1. The molecule has 0 aliphatic heterocycles. The van der Waals surface area contributed by atoms with E-state index in [1.807, 2.05) is 12.1 Å². The normalized spacial score (nSPS) is 23.6. The first-order valence-corrected chi connectivity index (χ1v) is 6.90. The summed E-state index contributed by atoms with van der Waals surface area (Å²) < 4.78 is 0.936. The van der Waals surface area contributed by atoms with Crippen LogP contribution in [0.5, 0.6) is 0 Å². The van der Waals surface area contributed by atoms with E-state index >= 15 is 0 Å². The van der Waals surface area contributed by atoms with Crippen LogP contribution >= 0.6 is 15.9 Å². The molecule has 0 bridgehead atoms. The Balaban J connectivity index is 2.09. The fraction of sp³-hybridized carbons (Fsp3) is 0.429. The summed E-state index contributed by atoms with van der Waals surface area (Å²) >= 11 is 3.33. The van der Waals surface area contributed by atoms with Crippen LogP contribution < -0.4 is 0 Å². The van der Waals surface area contributed by atoms with Crippen LogP contribution in [0, 0.1) is 11.8 Å². The van der Waals surface area contributed by atoms with E-state index in [0.717, 1.165) is 17.3 Å². The average Bonchev–Trinajstić information content (AvgIpc) is 2.39. The molecule has 1 aliphatic rings. The Morgan fingerprint density at radius 3 is 2.33 bits per heavy atom. The molecule has 0 amide bonds. The summed E-state index contributed by atoms with van der Waals surface area (Å²) in [6, 6.07) is 7.25. The number of carboxylic acid groups (broad SMARTS) is 1. The lowest BCUT2D eigenvalue weighted by atomic mass is 9.78. The van der Waals surface area contributed by atoms with Gasteiger partial charge in [0.25, 0.3) is 0 Å². The molecular formula is C14H15BrO3. The molecule has 3 nitrogen and oxygen atoms in total. The van der Waals surface area contributed by atoms with Crippen molar-refractivity contribution in [3.63, 3.8) is 0 Å². The molecule has 2 rings (SSSR count). The fourth-order valence-electron chi connectivity index (χ4n) is 2.50. The van der Waals surface area contributed by atoms with E-state index in [4.69, 9.17) is 5.11 Å². The number of halogens is 1. The molecule has 0 saturated heterocycles. The minimum absolute atomic E-state index is 0.0773. The van der Waals surface area contributed by atoms with Gasteiger partial charge in [0.1, 0.15) is 0 Å². The standard InChI is InChI=1S/C14H15BrO3/c15-12-6-4-9(5-7-12)13(16)10-2-1-3-11(8-10)14(17)18/h4-7,10-11H,1-3,8H2,(H,17,18)/t10-,11-/m1/s1. The maximum atomic E-state index is 12.3.